The average molecular weight is 259 g/mol. The number of fused-ring (bicyclic) bond motifs is 1. The summed E-state index contributed by atoms with van der Waals surface area (Å²) in [5, 5.41) is 4.40. The maximum atomic E-state index is 5.83. The Morgan fingerprint density at radius 1 is 1.47 bits per heavy atom. The van der Waals surface area contributed by atoms with Gasteiger partial charge in [0.05, 0.1) is 6.20 Å². The second kappa shape index (κ2) is 5.17. The first-order valence-corrected chi connectivity index (χ1v) is 7.10. The van der Waals surface area contributed by atoms with Crippen molar-refractivity contribution in [3.8, 4) is 0 Å². The molecule has 0 saturated carbocycles. The monoisotopic (exact) mass is 259 g/mol. The van der Waals surface area contributed by atoms with E-state index in [1.165, 1.54) is 12.8 Å². The van der Waals surface area contributed by atoms with Crippen LogP contribution in [0, 0.1) is 5.92 Å². The van der Waals surface area contributed by atoms with E-state index in [0.717, 1.165) is 43.2 Å². The molecule has 2 aromatic rings. The normalized spacial score (nSPS) is 20.1. The van der Waals surface area contributed by atoms with Gasteiger partial charge < -0.3 is 10.6 Å². The van der Waals surface area contributed by atoms with E-state index < -0.39 is 0 Å². The molecular formula is C14H21N5. The molecule has 0 bridgehead atoms. The number of nitrogens with two attached hydrogens (primary N) is 1. The average Bonchev–Trinajstić information content (AvgIpc) is 2.94. The second-order valence-corrected chi connectivity index (χ2v) is 5.25. The molecule has 0 amide bonds. The summed E-state index contributed by atoms with van der Waals surface area (Å²) in [5.74, 6) is 1.75. The van der Waals surface area contributed by atoms with Crippen LogP contribution in [-0.2, 0) is 6.42 Å². The predicted molar refractivity (Wildman–Crippen MR) is 76.4 cm³/mol. The van der Waals surface area contributed by atoms with Gasteiger partial charge >= 0.3 is 0 Å². The summed E-state index contributed by atoms with van der Waals surface area (Å²) >= 11 is 0. The second-order valence-electron chi connectivity index (χ2n) is 5.25. The van der Waals surface area contributed by atoms with Crippen molar-refractivity contribution in [3.63, 3.8) is 0 Å². The van der Waals surface area contributed by atoms with E-state index in [1.54, 1.807) is 0 Å². The molecule has 0 unspecified atom stereocenters. The van der Waals surface area contributed by atoms with Gasteiger partial charge in [-0.3, -0.25) is 0 Å². The fourth-order valence-corrected chi connectivity index (χ4v) is 2.82. The van der Waals surface area contributed by atoms with E-state index in [1.807, 2.05) is 16.8 Å². The summed E-state index contributed by atoms with van der Waals surface area (Å²) in [6, 6.07) is 4.13. The molecule has 1 aliphatic heterocycles. The topological polar surface area (TPSA) is 59.5 Å². The standard InChI is InChI=1S/C14H21N5/c1-2-12-8-14(19-13(17-12)5-6-16-19)18-7-3-4-11(9-15)10-18/h5-6,8,11H,2-4,7,9-10,15H2,1H3/t11-/m0/s1. The van der Waals surface area contributed by atoms with E-state index in [0.29, 0.717) is 5.92 Å². The molecule has 5 nitrogen and oxygen atoms in total. The van der Waals surface area contributed by atoms with Gasteiger partial charge in [-0.05, 0) is 31.7 Å². The molecule has 0 spiro atoms. The molecule has 0 radical (unpaired) electrons. The Bertz CT molecular complexity index is 562. The SMILES string of the molecule is CCc1cc(N2CCC[C@@H](CN)C2)n2nccc2n1. The van der Waals surface area contributed by atoms with Crippen molar-refractivity contribution in [3.05, 3.63) is 24.0 Å². The predicted octanol–water partition coefficient (Wildman–Crippen LogP) is 1.47. The molecule has 19 heavy (non-hydrogen) atoms. The molecule has 3 heterocycles. The van der Waals surface area contributed by atoms with E-state index in [2.05, 4.69) is 28.0 Å². The van der Waals surface area contributed by atoms with Gasteiger partial charge in [-0.15, -0.1) is 0 Å². The van der Waals surface area contributed by atoms with Crippen LogP contribution in [0.15, 0.2) is 18.3 Å². The molecule has 0 aromatic carbocycles. The van der Waals surface area contributed by atoms with Gasteiger partial charge in [0, 0.05) is 30.9 Å². The molecule has 2 N–H and O–H groups in total. The van der Waals surface area contributed by atoms with Crippen molar-refractivity contribution < 1.29 is 0 Å². The summed E-state index contributed by atoms with van der Waals surface area (Å²) in [6.45, 7) is 5.01. The fourth-order valence-electron chi connectivity index (χ4n) is 2.82. The molecule has 5 heteroatoms. The zero-order chi connectivity index (χ0) is 13.2. The quantitative estimate of drug-likeness (QED) is 0.906. The Morgan fingerprint density at radius 2 is 2.37 bits per heavy atom. The Kier molecular flexibility index (Phi) is 3.38. The summed E-state index contributed by atoms with van der Waals surface area (Å²) in [6.07, 6.45) is 5.20. The maximum absolute atomic E-state index is 5.83. The Balaban J connectivity index is 2.00. The van der Waals surface area contributed by atoms with E-state index >= 15 is 0 Å². The largest absolute Gasteiger partial charge is 0.356 e. The van der Waals surface area contributed by atoms with Crippen molar-refractivity contribution in [1.82, 2.24) is 14.6 Å². The van der Waals surface area contributed by atoms with Crippen LogP contribution in [-0.4, -0.2) is 34.2 Å². The third-order valence-electron chi connectivity index (χ3n) is 3.93. The van der Waals surface area contributed by atoms with Crippen LogP contribution in [0.25, 0.3) is 5.65 Å². The minimum atomic E-state index is 0.595. The van der Waals surface area contributed by atoms with Gasteiger partial charge in [-0.1, -0.05) is 6.92 Å². The first kappa shape index (κ1) is 12.4. The van der Waals surface area contributed by atoms with Crippen LogP contribution in [0.1, 0.15) is 25.5 Å². The molecule has 102 valence electrons. The van der Waals surface area contributed by atoms with Crippen molar-refractivity contribution in [2.75, 3.05) is 24.5 Å². The maximum Gasteiger partial charge on any atom is 0.157 e. The third kappa shape index (κ3) is 2.30. The zero-order valence-electron chi connectivity index (χ0n) is 11.4. The van der Waals surface area contributed by atoms with Crippen LogP contribution in [0.2, 0.25) is 0 Å². The van der Waals surface area contributed by atoms with Crippen molar-refractivity contribution in [2.45, 2.75) is 26.2 Å². The molecule has 1 atom stereocenters. The van der Waals surface area contributed by atoms with Crippen molar-refractivity contribution in [1.29, 1.82) is 0 Å². The molecule has 0 aliphatic carbocycles. The van der Waals surface area contributed by atoms with E-state index in [9.17, 15) is 0 Å². The number of piperidine rings is 1. The highest BCUT2D eigenvalue weighted by atomic mass is 15.3. The number of hydrogen-bond acceptors (Lipinski definition) is 4. The minimum absolute atomic E-state index is 0.595. The Hall–Kier alpha value is -1.62. The van der Waals surface area contributed by atoms with Gasteiger partial charge in [0.15, 0.2) is 5.65 Å². The van der Waals surface area contributed by atoms with E-state index in [-0.39, 0.29) is 0 Å². The Morgan fingerprint density at radius 3 is 3.16 bits per heavy atom. The number of aryl methyl sites for hydroxylation is 1. The van der Waals surface area contributed by atoms with Crippen molar-refractivity contribution >= 4 is 11.5 Å². The minimum Gasteiger partial charge on any atom is -0.356 e. The third-order valence-corrected chi connectivity index (χ3v) is 3.93. The lowest BCUT2D eigenvalue weighted by Gasteiger charge is -2.33. The first-order chi connectivity index (χ1) is 9.31. The number of aromatic nitrogens is 3. The lowest BCUT2D eigenvalue weighted by atomic mass is 9.98. The number of rotatable bonds is 3. The van der Waals surface area contributed by atoms with Gasteiger partial charge in [0.1, 0.15) is 5.82 Å². The molecule has 1 saturated heterocycles. The van der Waals surface area contributed by atoms with Gasteiger partial charge in [-0.2, -0.15) is 9.61 Å². The fraction of sp³-hybridized carbons (Fsp3) is 0.571. The lowest BCUT2D eigenvalue weighted by molar-refractivity contribution is 0.420. The molecular weight excluding hydrogens is 238 g/mol. The van der Waals surface area contributed by atoms with Crippen LogP contribution in [0.5, 0.6) is 0 Å². The number of anilines is 1. The highest BCUT2D eigenvalue weighted by Crippen LogP contribution is 2.23. The number of hydrogen-bond donors (Lipinski definition) is 1. The lowest BCUT2D eigenvalue weighted by Crippen LogP contribution is -2.39. The van der Waals surface area contributed by atoms with Crippen molar-refractivity contribution in [2.24, 2.45) is 11.7 Å². The van der Waals surface area contributed by atoms with Crippen LogP contribution < -0.4 is 10.6 Å². The van der Waals surface area contributed by atoms with Crippen LogP contribution >= 0.6 is 0 Å². The summed E-state index contributed by atoms with van der Waals surface area (Å²) in [7, 11) is 0. The molecule has 1 fully saturated rings. The highest BCUT2D eigenvalue weighted by molar-refractivity contribution is 5.51. The zero-order valence-corrected chi connectivity index (χ0v) is 11.4. The highest BCUT2D eigenvalue weighted by Gasteiger charge is 2.21. The summed E-state index contributed by atoms with van der Waals surface area (Å²) < 4.78 is 1.94. The van der Waals surface area contributed by atoms with Gasteiger partial charge in [0.25, 0.3) is 0 Å². The molecule has 1 aliphatic rings. The van der Waals surface area contributed by atoms with Crippen LogP contribution in [0.3, 0.4) is 0 Å². The van der Waals surface area contributed by atoms with E-state index in [4.69, 9.17) is 5.73 Å². The van der Waals surface area contributed by atoms with Crippen LogP contribution in [0.4, 0.5) is 5.82 Å². The summed E-state index contributed by atoms with van der Waals surface area (Å²) in [5.41, 5.74) is 7.89. The van der Waals surface area contributed by atoms with Gasteiger partial charge in [0.2, 0.25) is 0 Å². The smallest absolute Gasteiger partial charge is 0.157 e. The first-order valence-electron chi connectivity index (χ1n) is 7.10. The molecule has 2 aromatic heterocycles. The Labute approximate surface area is 113 Å². The number of nitrogens with zero attached hydrogens (tertiary/aromatic N) is 4. The molecule has 3 rings (SSSR count). The van der Waals surface area contributed by atoms with Gasteiger partial charge in [-0.25, -0.2) is 4.98 Å². The summed E-state index contributed by atoms with van der Waals surface area (Å²) in [4.78, 5) is 7.00.